The Kier molecular flexibility index (Phi) is 13.8. The molecule has 6 rings (SSSR count). The van der Waals surface area contributed by atoms with Gasteiger partial charge in [0.1, 0.15) is 46.5 Å². The monoisotopic (exact) mass is 976 g/mol. The van der Waals surface area contributed by atoms with Gasteiger partial charge in [-0.2, -0.15) is 0 Å². The fourth-order valence-electron chi connectivity index (χ4n) is 6.23. The second kappa shape index (κ2) is 17.9. The number of pyridine rings is 2. The molecule has 0 saturated carbocycles. The number of aryl methyl sites for hydroxylation is 2. The molecule has 4 nitrogen and oxygen atoms in total. The number of benzene rings is 4. The van der Waals surface area contributed by atoms with E-state index in [4.69, 9.17) is 22.9 Å². The van der Waals surface area contributed by atoms with Gasteiger partial charge in [-0.15, -0.1) is 0 Å². The summed E-state index contributed by atoms with van der Waals surface area (Å²) in [5, 5.41) is 0. The fraction of sp³-hybridized carbons (Fsp3) is 0.0556. The zero-order chi connectivity index (χ0) is 48.2. The third-order valence-corrected chi connectivity index (χ3v) is 10.2. The average molecular weight is 977 g/mol. The van der Waals surface area contributed by atoms with Gasteiger partial charge < -0.3 is 32.7 Å². The average Bonchev–Trinajstić information content (AvgIpc) is 3.23. The molecule has 0 spiro atoms. The van der Waals surface area contributed by atoms with Crippen LogP contribution in [-0.4, -0.2) is 21.4 Å². The van der Waals surface area contributed by atoms with E-state index in [0.717, 1.165) is 12.1 Å². The van der Waals surface area contributed by atoms with Crippen molar-refractivity contribution in [2.75, 3.05) is 0 Å². The molecule has 0 amide bonds. The highest BCUT2D eigenvalue weighted by atomic mass is 35.5. The SMILES string of the molecule is Cc1ccc/c(=[NH+]/[B-](Cl)(c2c(F)c(F)c(F)c(F)c2F)c2c(F)c(F)c(F)c(F)c2F)[nH]1.Cc1ccc/c(=[NH+]/[B-](Cl)(c2c(F)c(F)c(F)c(F)c2F)c2c(F)c(F)c(F)c(F)c2F)[nH]1. The molecule has 0 radical (unpaired) electrons. The summed E-state index contributed by atoms with van der Waals surface area (Å²) < 4.78 is 281. The fourth-order valence-corrected chi connectivity index (χ4v) is 7.23. The lowest BCUT2D eigenvalue weighted by atomic mass is 9.48. The molecule has 0 saturated heterocycles. The van der Waals surface area contributed by atoms with Crippen LogP contribution in [-0.2, 0) is 0 Å². The molecule has 0 unspecified atom stereocenters. The summed E-state index contributed by atoms with van der Waals surface area (Å²) in [5.74, 6) is -52.0. The van der Waals surface area contributed by atoms with Crippen LogP contribution in [0.25, 0.3) is 0 Å². The maximum absolute atomic E-state index is 14.6. The number of aromatic amines is 2. The van der Waals surface area contributed by atoms with Gasteiger partial charge in [-0.1, -0.05) is 34.0 Å². The molecule has 0 aliphatic heterocycles. The Labute approximate surface area is 352 Å². The van der Waals surface area contributed by atoms with Crippen molar-refractivity contribution in [2.45, 2.75) is 13.8 Å². The van der Waals surface area contributed by atoms with E-state index in [2.05, 4.69) is 9.97 Å². The largest absolute Gasteiger partial charge is 0.448 e. The minimum Gasteiger partial charge on any atom is -0.448 e. The van der Waals surface area contributed by atoms with Crippen molar-refractivity contribution < 1.29 is 97.6 Å². The lowest BCUT2D eigenvalue weighted by Gasteiger charge is -2.30. The first-order chi connectivity index (χ1) is 29.6. The van der Waals surface area contributed by atoms with Gasteiger partial charge in [0.05, 0.1) is 11.4 Å². The maximum atomic E-state index is 14.6. The van der Waals surface area contributed by atoms with Gasteiger partial charge in [-0.3, -0.25) is 0 Å². The predicted octanol–water partition coefficient (Wildman–Crippen LogP) is 4.38. The van der Waals surface area contributed by atoms with Crippen molar-refractivity contribution >= 4 is 56.2 Å². The normalized spacial score (nSPS) is 12.6. The van der Waals surface area contributed by atoms with Crippen molar-refractivity contribution in [3.05, 3.63) is 175 Å². The van der Waals surface area contributed by atoms with Gasteiger partial charge in [0, 0.05) is 12.1 Å². The molecule has 0 atom stereocenters. The first kappa shape index (κ1) is 49.1. The Morgan fingerprint density at radius 1 is 0.312 bits per heavy atom. The molecule has 64 heavy (non-hydrogen) atoms. The van der Waals surface area contributed by atoms with Crippen molar-refractivity contribution in [3.63, 3.8) is 0 Å². The maximum Gasteiger partial charge on any atom is 0.332 e. The summed E-state index contributed by atoms with van der Waals surface area (Å²) in [7, 11) is 0. The Bertz CT molecular complexity index is 2600. The van der Waals surface area contributed by atoms with E-state index in [1.165, 1.54) is 38.1 Å². The zero-order valence-corrected chi connectivity index (χ0v) is 32.4. The Hall–Kier alpha value is -5.91. The quantitative estimate of drug-likeness (QED) is 0.0831. The summed E-state index contributed by atoms with van der Waals surface area (Å²) >= 11 is 12.1. The van der Waals surface area contributed by atoms with Crippen molar-refractivity contribution in [1.29, 1.82) is 0 Å². The molecule has 0 aliphatic carbocycles. The second-order valence-corrected chi connectivity index (χ2v) is 14.5. The second-order valence-electron chi connectivity index (χ2n) is 13.2. The van der Waals surface area contributed by atoms with E-state index in [1.54, 1.807) is 0 Å². The molecule has 0 bridgehead atoms. The van der Waals surface area contributed by atoms with Gasteiger partial charge in [0.15, 0.2) is 69.8 Å². The zero-order valence-electron chi connectivity index (χ0n) is 30.9. The molecular weight excluding hydrogens is 961 g/mol. The van der Waals surface area contributed by atoms with E-state index in [9.17, 15) is 87.8 Å². The minimum absolute atomic E-state index is 0.305. The third-order valence-electron chi connectivity index (χ3n) is 9.16. The lowest BCUT2D eigenvalue weighted by molar-refractivity contribution is -0.350. The highest BCUT2D eigenvalue weighted by molar-refractivity contribution is 7.29. The van der Waals surface area contributed by atoms with Crippen LogP contribution in [0.4, 0.5) is 87.8 Å². The van der Waals surface area contributed by atoms with Crippen LogP contribution in [0.1, 0.15) is 11.4 Å². The molecule has 6 aromatic rings. The van der Waals surface area contributed by atoms with Crippen LogP contribution in [0, 0.1) is 130 Å². The van der Waals surface area contributed by atoms with Crippen LogP contribution < -0.4 is 42.6 Å². The number of H-pyrrole nitrogens is 2. The van der Waals surface area contributed by atoms with E-state index < -0.39 is 161 Å². The summed E-state index contributed by atoms with van der Waals surface area (Å²) in [5.41, 5.74) is -17.6. The third kappa shape index (κ3) is 8.20. The molecule has 2 heterocycles. The van der Waals surface area contributed by atoms with Crippen LogP contribution in [0.2, 0.25) is 0 Å². The predicted molar refractivity (Wildman–Crippen MR) is 186 cm³/mol. The molecule has 28 heteroatoms. The van der Waals surface area contributed by atoms with E-state index >= 15 is 0 Å². The first-order valence-electron chi connectivity index (χ1n) is 16.9. The number of hydrogen-bond donors (Lipinski definition) is 4. The van der Waals surface area contributed by atoms with Crippen LogP contribution in [0.15, 0.2) is 36.4 Å². The molecule has 4 N–H and O–H groups in total. The number of rotatable bonds is 6. The smallest absolute Gasteiger partial charge is 0.332 e. The highest BCUT2D eigenvalue weighted by Gasteiger charge is 2.46. The number of aromatic nitrogens is 2. The number of halogens is 22. The number of hydrogen-bond acceptors (Lipinski definition) is 0. The molecule has 2 aromatic heterocycles. The molecule has 0 aliphatic rings. The summed E-state index contributed by atoms with van der Waals surface area (Å²) in [6.45, 7) is 2.87. The molecular formula is C36H16B2Cl2F20N4. The lowest BCUT2D eigenvalue weighted by Crippen LogP contribution is -3.01. The van der Waals surface area contributed by atoms with E-state index in [0.29, 0.717) is 11.4 Å². The van der Waals surface area contributed by atoms with E-state index in [-0.39, 0.29) is 0 Å². The number of nitrogens with one attached hydrogen (secondary N) is 4. The van der Waals surface area contributed by atoms with Gasteiger partial charge in [0.2, 0.25) is 11.0 Å². The Balaban J connectivity index is 0.000000241. The van der Waals surface area contributed by atoms with Crippen LogP contribution >= 0.6 is 22.9 Å². The Morgan fingerprint density at radius 3 is 0.656 bits per heavy atom. The minimum atomic E-state index is -4.61. The summed E-state index contributed by atoms with van der Waals surface area (Å²) in [6.07, 6.45) is 0. The van der Waals surface area contributed by atoms with Crippen molar-refractivity contribution in [1.82, 2.24) is 9.97 Å². The van der Waals surface area contributed by atoms with E-state index in [1.807, 2.05) is 9.81 Å². The van der Waals surface area contributed by atoms with Gasteiger partial charge in [-0.25, -0.2) is 97.8 Å². The standard InChI is InChI=1S/2C18H8BClF10N2/c2*1-5-3-2-4-6(31-5)32-19(20,7-9(21)13(25)17(29)14(26)10(7)22)8-11(23)15(27)18(30)16(28)12(8)24/h2*2-4,31-32H,1H3/b2*32-6-. The van der Waals surface area contributed by atoms with Gasteiger partial charge in [0.25, 0.3) is 0 Å². The molecule has 4 aromatic carbocycles. The topological polar surface area (TPSA) is 59.5 Å². The Morgan fingerprint density at radius 2 is 0.484 bits per heavy atom. The van der Waals surface area contributed by atoms with Crippen LogP contribution in [0.3, 0.4) is 0 Å². The van der Waals surface area contributed by atoms with Gasteiger partial charge >= 0.3 is 11.4 Å². The molecule has 0 fully saturated rings. The van der Waals surface area contributed by atoms with Gasteiger partial charge in [-0.05, 0) is 26.0 Å². The molecule has 340 valence electrons. The summed E-state index contributed by atoms with van der Waals surface area (Å²) in [4.78, 5) is 8.82. The van der Waals surface area contributed by atoms with Crippen molar-refractivity contribution in [3.8, 4) is 0 Å². The van der Waals surface area contributed by atoms with Crippen LogP contribution in [0.5, 0.6) is 0 Å². The van der Waals surface area contributed by atoms with Crippen molar-refractivity contribution in [2.24, 2.45) is 0 Å². The summed E-state index contributed by atoms with van der Waals surface area (Å²) in [6, 6.07) is 7.54. The highest BCUT2D eigenvalue weighted by Crippen LogP contribution is 2.25. The first-order valence-corrected chi connectivity index (χ1v) is 17.8.